The van der Waals surface area contributed by atoms with Crippen molar-refractivity contribution in [2.24, 2.45) is 28.1 Å². The molecule has 32 heavy (non-hydrogen) atoms. The molecular weight excluding hydrogens is 422 g/mol. The number of aliphatic hydroxyl groups excluding tert-OH is 1. The van der Waals surface area contributed by atoms with E-state index in [9.17, 15) is 24.3 Å². The van der Waals surface area contributed by atoms with Crippen LogP contribution >= 0.6 is 0 Å². The lowest BCUT2D eigenvalue weighted by molar-refractivity contribution is -0.150. The lowest BCUT2D eigenvalue weighted by Crippen LogP contribution is -2.58. The van der Waals surface area contributed by atoms with Crippen LogP contribution in [0.3, 0.4) is 0 Å². The molecule has 4 atom stereocenters. The molecule has 0 saturated carbocycles. The van der Waals surface area contributed by atoms with E-state index in [0.29, 0.717) is 25.8 Å². The van der Waals surface area contributed by atoms with Gasteiger partial charge in [-0.2, -0.15) is 0 Å². The van der Waals surface area contributed by atoms with Crippen LogP contribution in [-0.4, -0.2) is 88.6 Å². The fourth-order valence-corrected chi connectivity index (χ4v) is 3.37. The highest BCUT2D eigenvalue weighted by Gasteiger charge is 2.39. The molecular formula is C19H35N7O6. The second-order valence-electron chi connectivity index (χ2n) is 8.06. The van der Waals surface area contributed by atoms with Gasteiger partial charge in [-0.05, 0) is 31.6 Å². The number of nitrogens with two attached hydrogens (primary N) is 3. The van der Waals surface area contributed by atoms with Crippen molar-refractivity contribution in [1.29, 1.82) is 0 Å². The molecule has 1 heterocycles. The Labute approximate surface area is 186 Å². The smallest absolute Gasteiger partial charge is 0.326 e. The summed E-state index contributed by atoms with van der Waals surface area (Å²) in [6, 6.07) is -4.19. The quantitative estimate of drug-likeness (QED) is 0.0902. The SMILES string of the molecule is CC(C)C(NC(=O)C(CCCN=C(N)N)NC(=O)C(N)CO)C(=O)N1CCCC1C(=O)O. The molecule has 0 aromatic heterocycles. The fraction of sp³-hybridized carbons (Fsp3) is 0.737. The third kappa shape index (κ3) is 7.96. The van der Waals surface area contributed by atoms with E-state index in [1.807, 2.05) is 0 Å². The first kappa shape index (κ1) is 27.1. The average molecular weight is 458 g/mol. The van der Waals surface area contributed by atoms with E-state index in [1.165, 1.54) is 4.90 Å². The summed E-state index contributed by atoms with van der Waals surface area (Å²) in [7, 11) is 0. The van der Waals surface area contributed by atoms with E-state index in [0.717, 1.165) is 0 Å². The van der Waals surface area contributed by atoms with Crippen LogP contribution in [0.4, 0.5) is 0 Å². The molecule has 13 nitrogen and oxygen atoms in total. The molecule has 1 rings (SSSR count). The Balaban J connectivity index is 2.95. The minimum Gasteiger partial charge on any atom is -0.480 e. The van der Waals surface area contributed by atoms with E-state index in [2.05, 4.69) is 15.6 Å². The number of hydrogen-bond donors (Lipinski definition) is 7. The highest BCUT2D eigenvalue weighted by molar-refractivity contribution is 5.94. The zero-order chi connectivity index (χ0) is 24.4. The Morgan fingerprint density at radius 3 is 2.34 bits per heavy atom. The predicted molar refractivity (Wildman–Crippen MR) is 116 cm³/mol. The van der Waals surface area contributed by atoms with Gasteiger partial charge in [-0.25, -0.2) is 4.79 Å². The van der Waals surface area contributed by atoms with Crippen LogP contribution in [0.2, 0.25) is 0 Å². The van der Waals surface area contributed by atoms with E-state index >= 15 is 0 Å². The van der Waals surface area contributed by atoms with Crippen LogP contribution in [0.15, 0.2) is 4.99 Å². The average Bonchev–Trinajstić information content (AvgIpc) is 3.22. The molecule has 0 aliphatic carbocycles. The summed E-state index contributed by atoms with van der Waals surface area (Å²) in [6.07, 6.45) is 1.40. The summed E-state index contributed by atoms with van der Waals surface area (Å²) in [5, 5.41) is 23.6. The number of amides is 3. The van der Waals surface area contributed by atoms with Crippen LogP contribution in [-0.2, 0) is 19.2 Å². The van der Waals surface area contributed by atoms with Crippen molar-refractivity contribution in [3.8, 4) is 0 Å². The second-order valence-corrected chi connectivity index (χ2v) is 8.06. The van der Waals surface area contributed by atoms with Gasteiger partial charge in [0.1, 0.15) is 24.2 Å². The Morgan fingerprint density at radius 1 is 1.16 bits per heavy atom. The Morgan fingerprint density at radius 2 is 1.81 bits per heavy atom. The number of aliphatic imine (C=N–C) groups is 1. The molecule has 1 aliphatic heterocycles. The van der Waals surface area contributed by atoms with Crippen LogP contribution in [0.1, 0.15) is 39.5 Å². The van der Waals surface area contributed by atoms with Crippen LogP contribution < -0.4 is 27.8 Å². The van der Waals surface area contributed by atoms with Gasteiger partial charge in [0.15, 0.2) is 5.96 Å². The maximum atomic E-state index is 13.0. The van der Waals surface area contributed by atoms with Gasteiger partial charge in [0, 0.05) is 13.1 Å². The van der Waals surface area contributed by atoms with Gasteiger partial charge in [-0.3, -0.25) is 19.4 Å². The zero-order valence-corrected chi connectivity index (χ0v) is 18.5. The Kier molecular flexibility index (Phi) is 10.9. The summed E-state index contributed by atoms with van der Waals surface area (Å²) in [6.45, 7) is 3.35. The number of aliphatic hydroxyl groups is 1. The number of nitrogens with one attached hydrogen (secondary N) is 2. The van der Waals surface area contributed by atoms with Crippen LogP contribution in [0.25, 0.3) is 0 Å². The monoisotopic (exact) mass is 457 g/mol. The summed E-state index contributed by atoms with van der Waals surface area (Å²) in [5.41, 5.74) is 16.1. The molecule has 1 aliphatic rings. The maximum absolute atomic E-state index is 13.0. The predicted octanol–water partition coefficient (Wildman–Crippen LogP) is -2.94. The summed E-state index contributed by atoms with van der Waals surface area (Å²) in [4.78, 5) is 54.7. The molecule has 0 aromatic rings. The van der Waals surface area contributed by atoms with Crippen molar-refractivity contribution in [1.82, 2.24) is 15.5 Å². The van der Waals surface area contributed by atoms with E-state index in [-0.39, 0.29) is 24.8 Å². The van der Waals surface area contributed by atoms with Crippen LogP contribution in [0, 0.1) is 5.92 Å². The molecule has 1 saturated heterocycles. The summed E-state index contributed by atoms with van der Waals surface area (Å²) in [5.74, 6) is -3.39. The first-order chi connectivity index (χ1) is 15.0. The van der Waals surface area contributed by atoms with Crippen molar-refractivity contribution in [3.63, 3.8) is 0 Å². The minimum atomic E-state index is -1.22. The van der Waals surface area contributed by atoms with E-state index in [1.54, 1.807) is 13.8 Å². The number of likely N-dealkylation sites (tertiary alicyclic amines) is 1. The number of hydrogen-bond acceptors (Lipinski definition) is 7. The topological polar surface area (TPSA) is 226 Å². The second kappa shape index (κ2) is 12.8. The molecule has 0 aromatic carbocycles. The summed E-state index contributed by atoms with van der Waals surface area (Å²) < 4.78 is 0. The third-order valence-electron chi connectivity index (χ3n) is 5.16. The fourth-order valence-electron chi connectivity index (χ4n) is 3.37. The maximum Gasteiger partial charge on any atom is 0.326 e. The van der Waals surface area contributed by atoms with Crippen molar-refractivity contribution in [2.45, 2.75) is 63.7 Å². The highest BCUT2D eigenvalue weighted by Crippen LogP contribution is 2.20. The number of carbonyl (C=O) groups excluding carboxylic acids is 3. The first-order valence-electron chi connectivity index (χ1n) is 10.5. The van der Waals surface area contributed by atoms with Gasteiger partial charge < -0.3 is 42.9 Å². The number of nitrogens with zero attached hydrogens (tertiary/aromatic N) is 2. The van der Waals surface area contributed by atoms with Gasteiger partial charge in [0.05, 0.1) is 6.61 Å². The highest BCUT2D eigenvalue weighted by atomic mass is 16.4. The van der Waals surface area contributed by atoms with Gasteiger partial charge in [-0.1, -0.05) is 13.8 Å². The van der Waals surface area contributed by atoms with Gasteiger partial charge in [-0.15, -0.1) is 0 Å². The number of rotatable bonds is 12. The molecule has 1 fully saturated rings. The van der Waals surface area contributed by atoms with Gasteiger partial charge in [0.2, 0.25) is 17.7 Å². The number of carboxylic acid groups (broad SMARTS) is 1. The van der Waals surface area contributed by atoms with Crippen molar-refractivity contribution >= 4 is 29.7 Å². The molecule has 0 spiro atoms. The molecule has 4 unspecified atom stereocenters. The van der Waals surface area contributed by atoms with E-state index < -0.39 is 54.5 Å². The molecule has 0 bridgehead atoms. The Bertz CT molecular complexity index is 710. The zero-order valence-electron chi connectivity index (χ0n) is 18.5. The number of aliphatic carboxylic acids is 1. The standard InChI is InChI=1S/C19H35N7O6/c1-10(2)14(17(30)26-8-4-6-13(26)18(31)32)25-16(29)12(5-3-7-23-19(21)22)24-15(28)11(20)9-27/h10-14,27H,3-9,20H2,1-2H3,(H,24,28)(H,25,29)(H,31,32)(H4,21,22,23). The number of guanidine groups is 1. The molecule has 182 valence electrons. The lowest BCUT2D eigenvalue weighted by Gasteiger charge is -2.30. The lowest BCUT2D eigenvalue weighted by atomic mass is 10.0. The molecule has 10 N–H and O–H groups in total. The molecule has 0 radical (unpaired) electrons. The third-order valence-corrected chi connectivity index (χ3v) is 5.16. The van der Waals surface area contributed by atoms with Crippen molar-refractivity contribution < 1.29 is 29.4 Å². The molecule has 13 heteroatoms. The minimum absolute atomic E-state index is 0.110. The van der Waals surface area contributed by atoms with Crippen molar-refractivity contribution in [2.75, 3.05) is 19.7 Å². The largest absolute Gasteiger partial charge is 0.480 e. The Hall–Kier alpha value is -2.93. The molecule has 3 amide bonds. The number of carbonyl (C=O) groups is 4. The summed E-state index contributed by atoms with van der Waals surface area (Å²) >= 11 is 0. The van der Waals surface area contributed by atoms with Gasteiger partial charge in [0.25, 0.3) is 0 Å². The van der Waals surface area contributed by atoms with Crippen molar-refractivity contribution in [3.05, 3.63) is 0 Å². The van der Waals surface area contributed by atoms with E-state index in [4.69, 9.17) is 22.3 Å². The van der Waals surface area contributed by atoms with Gasteiger partial charge >= 0.3 is 5.97 Å². The van der Waals surface area contributed by atoms with Crippen LogP contribution in [0.5, 0.6) is 0 Å². The number of carboxylic acids is 1. The first-order valence-corrected chi connectivity index (χ1v) is 10.5. The normalized spacial score (nSPS) is 18.5.